The number of benzene rings is 1. The van der Waals surface area contributed by atoms with E-state index in [2.05, 4.69) is 11.8 Å². The number of hydrogen-bond donors (Lipinski definition) is 1. The Balaban J connectivity index is 1.69. The molecule has 1 fully saturated rings. The fourth-order valence-corrected chi connectivity index (χ4v) is 3.19. The van der Waals surface area contributed by atoms with Crippen LogP contribution in [0.2, 0.25) is 5.02 Å². The number of aliphatic hydroxyl groups is 1. The Labute approximate surface area is 152 Å². The molecular weight excluding hydrogens is 338 g/mol. The van der Waals surface area contributed by atoms with E-state index in [4.69, 9.17) is 16.0 Å². The third kappa shape index (κ3) is 4.25. The van der Waals surface area contributed by atoms with Gasteiger partial charge >= 0.3 is 0 Å². The molecule has 1 aliphatic rings. The summed E-state index contributed by atoms with van der Waals surface area (Å²) in [5.74, 6) is 6.13. The van der Waals surface area contributed by atoms with E-state index in [9.17, 15) is 9.90 Å². The van der Waals surface area contributed by atoms with Crippen molar-refractivity contribution in [3.63, 3.8) is 0 Å². The van der Waals surface area contributed by atoms with Crippen LogP contribution in [0.25, 0.3) is 0 Å². The standard InChI is InChI=1S/C20H20ClNO3/c1-20(2,24)11-9-15-7-8-18(25-15)19(23)22-12-10-14(13-22)16-5-3-4-6-17(16)21/h3-8,14,24H,10,12-13H2,1-2H3. The number of carbonyl (C=O) groups excluding carboxylic acids is 1. The Bertz CT molecular complexity index is 838. The third-order valence-corrected chi connectivity index (χ3v) is 4.47. The molecule has 0 aliphatic carbocycles. The van der Waals surface area contributed by atoms with E-state index in [0.717, 1.165) is 17.0 Å². The Morgan fingerprint density at radius 3 is 2.80 bits per heavy atom. The summed E-state index contributed by atoms with van der Waals surface area (Å²) >= 11 is 6.27. The molecule has 2 aromatic rings. The van der Waals surface area contributed by atoms with Crippen LogP contribution in [0.15, 0.2) is 40.8 Å². The van der Waals surface area contributed by atoms with Crippen molar-refractivity contribution in [3.8, 4) is 11.8 Å². The van der Waals surface area contributed by atoms with Gasteiger partial charge in [0, 0.05) is 24.0 Å². The fourth-order valence-electron chi connectivity index (χ4n) is 2.90. The van der Waals surface area contributed by atoms with E-state index >= 15 is 0 Å². The Morgan fingerprint density at radius 1 is 1.32 bits per heavy atom. The lowest BCUT2D eigenvalue weighted by atomic mass is 9.98. The van der Waals surface area contributed by atoms with Crippen molar-refractivity contribution in [2.24, 2.45) is 0 Å². The summed E-state index contributed by atoms with van der Waals surface area (Å²) in [6.07, 6.45) is 0.877. The number of likely N-dealkylation sites (tertiary alicyclic amines) is 1. The maximum atomic E-state index is 12.6. The molecule has 4 nitrogen and oxygen atoms in total. The first kappa shape index (κ1) is 17.6. The van der Waals surface area contributed by atoms with Crippen molar-refractivity contribution in [1.82, 2.24) is 4.90 Å². The van der Waals surface area contributed by atoms with Crippen molar-refractivity contribution >= 4 is 17.5 Å². The lowest BCUT2D eigenvalue weighted by Crippen LogP contribution is -2.28. The second-order valence-electron chi connectivity index (χ2n) is 6.73. The van der Waals surface area contributed by atoms with Crippen LogP contribution in [0.5, 0.6) is 0 Å². The topological polar surface area (TPSA) is 53.7 Å². The monoisotopic (exact) mass is 357 g/mol. The number of rotatable bonds is 2. The largest absolute Gasteiger partial charge is 0.443 e. The first-order chi connectivity index (χ1) is 11.8. The van der Waals surface area contributed by atoms with Gasteiger partial charge in [0.05, 0.1) is 0 Å². The molecule has 130 valence electrons. The summed E-state index contributed by atoms with van der Waals surface area (Å²) in [7, 11) is 0. The Morgan fingerprint density at radius 2 is 2.08 bits per heavy atom. The van der Waals surface area contributed by atoms with Gasteiger partial charge in [0.25, 0.3) is 5.91 Å². The lowest BCUT2D eigenvalue weighted by molar-refractivity contribution is 0.0758. The van der Waals surface area contributed by atoms with E-state index < -0.39 is 5.60 Å². The van der Waals surface area contributed by atoms with Crippen LogP contribution in [-0.4, -0.2) is 34.6 Å². The SMILES string of the molecule is CC(C)(O)C#Cc1ccc(C(=O)N2CCC(c3ccccc3Cl)C2)o1. The highest BCUT2D eigenvalue weighted by Crippen LogP contribution is 2.32. The maximum Gasteiger partial charge on any atom is 0.289 e. The predicted molar refractivity (Wildman–Crippen MR) is 96.6 cm³/mol. The second-order valence-corrected chi connectivity index (χ2v) is 7.14. The molecule has 0 bridgehead atoms. The summed E-state index contributed by atoms with van der Waals surface area (Å²) in [6, 6.07) is 11.0. The molecule has 0 spiro atoms. The van der Waals surface area contributed by atoms with Crippen molar-refractivity contribution in [2.75, 3.05) is 13.1 Å². The lowest BCUT2D eigenvalue weighted by Gasteiger charge is -2.15. The summed E-state index contributed by atoms with van der Waals surface area (Å²) in [4.78, 5) is 14.4. The van der Waals surface area contributed by atoms with Gasteiger partial charge in [-0.15, -0.1) is 0 Å². The molecule has 1 atom stereocenters. The van der Waals surface area contributed by atoms with Gasteiger partial charge in [-0.05, 0) is 50.0 Å². The molecule has 1 N–H and O–H groups in total. The number of amides is 1. The second kappa shape index (κ2) is 6.95. The number of carbonyl (C=O) groups is 1. The van der Waals surface area contributed by atoms with Gasteiger partial charge in [0.2, 0.25) is 0 Å². The molecule has 5 heteroatoms. The van der Waals surface area contributed by atoms with Crippen LogP contribution < -0.4 is 0 Å². The first-order valence-corrected chi connectivity index (χ1v) is 8.60. The highest BCUT2D eigenvalue weighted by atomic mass is 35.5. The van der Waals surface area contributed by atoms with Gasteiger partial charge in [-0.2, -0.15) is 0 Å². The van der Waals surface area contributed by atoms with E-state index in [1.54, 1.807) is 30.9 Å². The van der Waals surface area contributed by atoms with Crippen LogP contribution in [0.3, 0.4) is 0 Å². The number of halogens is 1. The highest BCUT2D eigenvalue weighted by molar-refractivity contribution is 6.31. The normalized spacial score (nSPS) is 17.3. The van der Waals surface area contributed by atoms with Gasteiger partial charge in [-0.25, -0.2) is 0 Å². The van der Waals surface area contributed by atoms with Crippen LogP contribution >= 0.6 is 11.6 Å². The van der Waals surface area contributed by atoms with Gasteiger partial charge in [0.1, 0.15) is 5.60 Å². The number of hydrogen-bond acceptors (Lipinski definition) is 3. The van der Waals surface area contributed by atoms with Crippen LogP contribution in [0.1, 0.15) is 48.1 Å². The summed E-state index contributed by atoms with van der Waals surface area (Å²) in [6.45, 7) is 4.47. The molecule has 1 unspecified atom stereocenters. The molecule has 25 heavy (non-hydrogen) atoms. The Kier molecular flexibility index (Phi) is 4.89. The molecule has 2 heterocycles. The minimum atomic E-state index is -1.10. The summed E-state index contributed by atoms with van der Waals surface area (Å²) < 4.78 is 5.52. The van der Waals surface area contributed by atoms with Gasteiger partial charge in [-0.3, -0.25) is 4.79 Å². The molecule has 1 amide bonds. The molecule has 3 rings (SSSR count). The zero-order chi connectivity index (χ0) is 18.0. The van der Waals surface area contributed by atoms with Crippen molar-refractivity contribution < 1.29 is 14.3 Å². The van der Waals surface area contributed by atoms with Crippen LogP contribution in [0.4, 0.5) is 0 Å². The molecule has 1 aromatic heterocycles. The van der Waals surface area contributed by atoms with E-state index in [1.807, 2.05) is 24.3 Å². The fraction of sp³-hybridized carbons (Fsp3) is 0.350. The van der Waals surface area contributed by atoms with E-state index in [0.29, 0.717) is 18.8 Å². The molecule has 0 saturated carbocycles. The van der Waals surface area contributed by atoms with E-state index in [1.165, 1.54) is 0 Å². The van der Waals surface area contributed by atoms with Gasteiger partial charge in [-0.1, -0.05) is 35.7 Å². The van der Waals surface area contributed by atoms with Crippen LogP contribution in [0, 0.1) is 11.8 Å². The smallest absolute Gasteiger partial charge is 0.289 e. The third-order valence-electron chi connectivity index (χ3n) is 4.13. The van der Waals surface area contributed by atoms with Gasteiger partial charge < -0.3 is 14.4 Å². The van der Waals surface area contributed by atoms with E-state index in [-0.39, 0.29) is 17.6 Å². The maximum absolute atomic E-state index is 12.6. The zero-order valence-electron chi connectivity index (χ0n) is 14.3. The minimum absolute atomic E-state index is 0.147. The number of nitrogens with zero attached hydrogens (tertiary/aromatic N) is 1. The number of furan rings is 1. The molecule has 0 radical (unpaired) electrons. The zero-order valence-corrected chi connectivity index (χ0v) is 15.0. The average Bonchev–Trinajstić information content (AvgIpc) is 3.22. The summed E-state index contributed by atoms with van der Waals surface area (Å²) in [5.41, 5.74) is -0.0238. The summed E-state index contributed by atoms with van der Waals surface area (Å²) in [5, 5.41) is 10.4. The van der Waals surface area contributed by atoms with Crippen LogP contribution in [-0.2, 0) is 0 Å². The first-order valence-electron chi connectivity index (χ1n) is 8.22. The van der Waals surface area contributed by atoms with Gasteiger partial charge in [0.15, 0.2) is 11.5 Å². The minimum Gasteiger partial charge on any atom is -0.443 e. The highest BCUT2D eigenvalue weighted by Gasteiger charge is 2.30. The average molecular weight is 358 g/mol. The molecule has 1 aromatic carbocycles. The van der Waals surface area contributed by atoms with Crippen molar-refractivity contribution in [3.05, 3.63) is 58.5 Å². The van der Waals surface area contributed by atoms with Crippen molar-refractivity contribution in [1.29, 1.82) is 0 Å². The molecule has 1 aliphatic heterocycles. The molecular formula is C20H20ClNO3. The quantitative estimate of drug-likeness (QED) is 0.834. The van der Waals surface area contributed by atoms with Crippen molar-refractivity contribution in [2.45, 2.75) is 31.8 Å². The predicted octanol–water partition coefficient (Wildman–Crippen LogP) is 3.69. The Hall–Kier alpha value is -2.22. The molecule has 1 saturated heterocycles.